The molecular weight excluding hydrogens is 311 g/mol. The lowest BCUT2D eigenvalue weighted by Crippen LogP contribution is -3.14. The molecule has 0 bridgehead atoms. The van der Waals surface area contributed by atoms with Crippen molar-refractivity contribution in [3.63, 3.8) is 0 Å². The fourth-order valence-corrected chi connectivity index (χ4v) is 3.33. The summed E-state index contributed by atoms with van der Waals surface area (Å²) in [7, 11) is 0. The van der Waals surface area contributed by atoms with Gasteiger partial charge in [0.15, 0.2) is 0 Å². The van der Waals surface area contributed by atoms with Gasteiger partial charge in [-0.05, 0) is 18.2 Å². The second-order valence-corrected chi connectivity index (χ2v) is 6.25. The predicted octanol–water partition coefficient (Wildman–Crippen LogP) is 0.322. The number of morpholine rings is 1. The number of halogens is 1. The van der Waals surface area contributed by atoms with E-state index in [1.54, 1.807) is 17.0 Å². The van der Waals surface area contributed by atoms with Gasteiger partial charge < -0.3 is 14.6 Å². The van der Waals surface area contributed by atoms with Gasteiger partial charge in [0.05, 0.1) is 26.1 Å². The molecule has 1 fully saturated rings. The molecule has 0 atom stereocenters. The average molecular weight is 331 g/mol. The summed E-state index contributed by atoms with van der Waals surface area (Å²) in [5, 5.41) is 0.645. The molecule has 0 radical (unpaired) electrons. The Kier molecular flexibility index (Phi) is 4.03. The van der Waals surface area contributed by atoms with E-state index in [9.17, 15) is 9.18 Å². The van der Waals surface area contributed by atoms with Crippen molar-refractivity contribution in [2.75, 3.05) is 32.8 Å². The standard InChI is InChI=1S/C17H19FN4O2/c18-12-2-3-14-13(10-12)15-16(20-14)17(23)22(11-19-15)5-1-4-21-6-8-24-9-7-21/h2-3,10-11,20H,1,4-9H2/p+1. The molecule has 0 unspecified atom stereocenters. The summed E-state index contributed by atoms with van der Waals surface area (Å²) in [6.45, 7) is 5.34. The topological polar surface area (TPSA) is 64.3 Å². The van der Waals surface area contributed by atoms with Crippen LogP contribution in [0.3, 0.4) is 0 Å². The number of aromatic nitrogens is 3. The first-order valence-corrected chi connectivity index (χ1v) is 8.30. The number of H-pyrrole nitrogens is 1. The second-order valence-electron chi connectivity index (χ2n) is 6.25. The second kappa shape index (κ2) is 6.33. The van der Waals surface area contributed by atoms with E-state index in [4.69, 9.17) is 4.74 Å². The fraction of sp³-hybridized carbons (Fsp3) is 0.412. The highest BCUT2D eigenvalue weighted by Gasteiger charge is 2.14. The van der Waals surface area contributed by atoms with Crippen molar-refractivity contribution in [2.45, 2.75) is 13.0 Å². The van der Waals surface area contributed by atoms with Crippen LogP contribution in [0, 0.1) is 5.82 Å². The summed E-state index contributed by atoms with van der Waals surface area (Å²) in [6.07, 6.45) is 2.48. The first kappa shape index (κ1) is 15.3. The lowest BCUT2D eigenvalue weighted by atomic mass is 10.2. The number of aromatic amines is 1. The third-order valence-corrected chi connectivity index (χ3v) is 4.66. The third kappa shape index (κ3) is 2.81. The summed E-state index contributed by atoms with van der Waals surface area (Å²) >= 11 is 0. The van der Waals surface area contributed by atoms with Gasteiger partial charge in [0.2, 0.25) is 0 Å². The van der Waals surface area contributed by atoms with Crippen molar-refractivity contribution in [3.8, 4) is 0 Å². The summed E-state index contributed by atoms with van der Waals surface area (Å²) in [5.74, 6) is -0.331. The zero-order chi connectivity index (χ0) is 16.5. The molecule has 6 nitrogen and oxygen atoms in total. The molecular formula is C17H20FN4O2+. The Labute approximate surface area is 137 Å². The number of nitrogens with one attached hydrogen (secondary N) is 2. The molecule has 0 aliphatic carbocycles. The van der Waals surface area contributed by atoms with Crippen molar-refractivity contribution < 1.29 is 14.0 Å². The van der Waals surface area contributed by atoms with Crippen LogP contribution in [0.5, 0.6) is 0 Å². The zero-order valence-corrected chi connectivity index (χ0v) is 13.3. The number of nitrogens with zero attached hydrogens (tertiary/aromatic N) is 2. The quantitative estimate of drug-likeness (QED) is 0.724. The van der Waals surface area contributed by atoms with E-state index in [-0.39, 0.29) is 11.4 Å². The first-order valence-electron chi connectivity index (χ1n) is 8.30. The van der Waals surface area contributed by atoms with Crippen LogP contribution in [-0.4, -0.2) is 47.4 Å². The minimum atomic E-state index is -0.331. The molecule has 3 aromatic rings. The number of rotatable bonds is 4. The molecule has 1 aliphatic heterocycles. The zero-order valence-electron chi connectivity index (χ0n) is 13.3. The normalized spacial score (nSPS) is 16.2. The number of aryl methyl sites for hydroxylation is 1. The number of hydrogen-bond acceptors (Lipinski definition) is 3. The fourth-order valence-electron chi connectivity index (χ4n) is 3.33. The lowest BCUT2D eigenvalue weighted by Gasteiger charge is -2.23. The average Bonchev–Trinajstić information content (AvgIpc) is 2.97. The van der Waals surface area contributed by atoms with E-state index < -0.39 is 0 Å². The van der Waals surface area contributed by atoms with Crippen LogP contribution in [-0.2, 0) is 11.3 Å². The lowest BCUT2D eigenvalue weighted by molar-refractivity contribution is -0.908. The third-order valence-electron chi connectivity index (χ3n) is 4.66. The van der Waals surface area contributed by atoms with Gasteiger partial charge in [-0.2, -0.15) is 0 Å². The van der Waals surface area contributed by atoms with Gasteiger partial charge in [0, 0.05) is 23.9 Å². The van der Waals surface area contributed by atoms with Gasteiger partial charge in [-0.1, -0.05) is 0 Å². The van der Waals surface area contributed by atoms with E-state index in [1.165, 1.54) is 17.0 Å². The van der Waals surface area contributed by atoms with Gasteiger partial charge >= 0.3 is 0 Å². The molecule has 0 saturated carbocycles. The summed E-state index contributed by atoms with van der Waals surface area (Å²) < 4.78 is 20.4. The molecule has 0 amide bonds. The highest BCUT2D eigenvalue weighted by molar-refractivity contribution is 6.04. The Hall–Kier alpha value is -2.25. The monoisotopic (exact) mass is 331 g/mol. The number of benzene rings is 1. The minimum Gasteiger partial charge on any atom is -0.370 e. The van der Waals surface area contributed by atoms with E-state index in [0.717, 1.165) is 44.8 Å². The van der Waals surface area contributed by atoms with Crippen LogP contribution in [0.1, 0.15) is 6.42 Å². The van der Waals surface area contributed by atoms with Crippen molar-refractivity contribution in [2.24, 2.45) is 0 Å². The molecule has 0 spiro atoms. The van der Waals surface area contributed by atoms with Crippen molar-refractivity contribution in [1.82, 2.24) is 14.5 Å². The van der Waals surface area contributed by atoms with Crippen molar-refractivity contribution in [3.05, 3.63) is 40.7 Å². The van der Waals surface area contributed by atoms with Crippen molar-refractivity contribution in [1.29, 1.82) is 0 Å². The van der Waals surface area contributed by atoms with Crippen LogP contribution < -0.4 is 10.5 Å². The van der Waals surface area contributed by atoms with Gasteiger partial charge in [-0.15, -0.1) is 0 Å². The van der Waals surface area contributed by atoms with E-state index in [1.807, 2.05) is 0 Å². The predicted molar refractivity (Wildman–Crippen MR) is 88.8 cm³/mol. The molecule has 24 heavy (non-hydrogen) atoms. The highest BCUT2D eigenvalue weighted by Crippen LogP contribution is 2.21. The molecule has 1 aromatic carbocycles. The molecule has 2 aromatic heterocycles. The van der Waals surface area contributed by atoms with Crippen LogP contribution >= 0.6 is 0 Å². The maximum Gasteiger partial charge on any atom is 0.277 e. The molecule has 2 N–H and O–H groups in total. The molecule has 126 valence electrons. The highest BCUT2D eigenvalue weighted by atomic mass is 19.1. The van der Waals surface area contributed by atoms with Gasteiger partial charge in [-0.25, -0.2) is 9.37 Å². The SMILES string of the molecule is O=c1c2[nH]c3ccc(F)cc3c2ncn1CCC[NH+]1CCOCC1. The Morgan fingerprint density at radius 1 is 1.33 bits per heavy atom. The maximum atomic E-state index is 13.4. The summed E-state index contributed by atoms with van der Waals surface area (Å²) in [5.41, 5.74) is 1.60. The smallest absolute Gasteiger partial charge is 0.277 e. The maximum absolute atomic E-state index is 13.4. The van der Waals surface area contributed by atoms with E-state index in [2.05, 4.69) is 9.97 Å². The minimum absolute atomic E-state index is 0.103. The first-order chi connectivity index (χ1) is 11.7. The Balaban J connectivity index is 1.56. The van der Waals surface area contributed by atoms with Crippen LogP contribution in [0.25, 0.3) is 21.9 Å². The Bertz CT molecular complexity index is 927. The number of hydrogen-bond donors (Lipinski definition) is 2. The van der Waals surface area contributed by atoms with Gasteiger partial charge in [0.25, 0.3) is 5.56 Å². The number of ether oxygens (including phenoxy) is 1. The van der Waals surface area contributed by atoms with Gasteiger partial charge in [0.1, 0.15) is 29.9 Å². The summed E-state index contributed by atoms with van der Waals surface area (Å²) in [6, 6.07) is 4.42. The number of quaternary nitrogens is 1. The molecule has 7 heteroatoms. The van der Waals surface area contributed by atoms with Crippen molar-refractivity contribution >= 4 is 21.9 Å². The van der Waals surface area contributed by atoms with Crippen LogP contribution in [0.15, 0.2) is 29.3 Å². The van der Waals surface area contributed by atoms with Gasteiger partial charge in [-0.3, -0.25) is 9.36 Å². The Morgan fingerprint density at radius 3 is 3.00 bits per heavy atom. The largest absolute Gasteiger partial charge is 0.370 e. The molecule has 4 rings (SSSR count). The van der Waals surface area contributed by atoms with E-state index >= 15 is 0 Å². The van der Waals surface area contributed by atoms with Crippen LogP contribution in [0.2, 0.25) is 0 Å². The molecule has 3 heterocycles. The summed E-state index contributed by atoms with van der Waals surface area (Å²) in [4.78, 5) is 21.6. The van der Waals surface area contributed by atoms with Crippen LogP contribution in [0.4, 0.5) is 4.39 Å². The molecule has 1 saturated heterocycles. The Morgan fingerprint density at radius 2 is 2.17 bits per heavy atom. The molecule has 1 aliphatic rings. The number of fused-ring (bicyclic) bond motifs is 3. The van der Waals surface area contributed by atoms with E-state index in [0.29, 0.717) is 23.0 Å².